The lowest BCUT2D eigenvalue weighted by Gasteiger charge is -2.06. The van der Waals surface area contributed by atoms with Crippen LogP contribution < -0.4 is 10.6 Å². The molecule has 0 bridgehead atoms. The highest BCUT2D eigenvalue weighted by Crippen LogP contribution is 2.32. The Labute approximate surface area is 116 Å². The number of thiophene rings is 1. The van der Waals surface area contributed by atoms with Crippen LogP contribution in [0.4, 0.5) is 5.00 Å². The van der Waals surface area contributed by atoms with Gasteiger partial charge in [0.25, 0.3) is 0 Å². The van der Waals surface area contributed by atoms with Crippen LogP contribution in [0.15, 0.2) is 0 Å². The number of ether oxygens (including phenoxy) is 1. The first-order chi connectivity index (χ1) is 9.02. The molecule has 1 aliphatic carbocycles. The minimum Gasteiger partial charge on any atom is -0.465 e. The van der Waals surface area contributed by atoms with Crippen LogP contribution in [-0.4, -0.2) is 31.6 Å². The molecular weight excluding hydrogens is 264 g/mol. The number of nitrogens with one attached hydrogen (secondary N) is 2. The molecule has 1 heterocycles. The second-order valence-corrected chi connectivity index (χ2v) is 5.91. The van der Waals surface area contributed by atoms with Crippen molar-refractivity contribution < 1.29 is 14.3 Å². The van der Waals surface area contributed by atoms with Gasteiger partial charge < -0.3 is 15.4 Å². The molecule has 1 fully saturated rings. The van der Waals surface area contributed by atoms with Crippen molar-refractivity contribution >= 4 is 28.2 Å². The summed E-state index contributed by atoms with van der Waals surface area (Å²) in [7, 11) is 1.34. The fraction of sp³-hybridized carbons (Fsp3) is 0.538. The second-order valence-electron chi connectivity index (χ2n) is 4.68. The van der Waals surface area contributed by atoms with Gasteiger partial charge in [-0.05, 0) is 32.3 Å². The first-order valence-electron chi connectivity index (χ1n) is 6.24. The van der Waals surface area contributed by atoms with E-state index in [2.05, 4.69) is 10.6 Å². The molecule has 0 atom stereocenters. The number of anilines is 1. The first-order valence-corrected chi connectivity index (χ1v) is 7.06. The molecule has 104 valence electrons. The van der Waals surface area contributed by atoms with Crippen molar-refractivity contribution in [2.45, 2.75) is 32.7 Å². The van der Waals surface area contributed by atoms with Gasteiger partial charge in [0.05, 0.1) is 19.2 Å². The predicted molar refractivity (Wildman–Crippen MR) is 74.8 cm³/mol. The molecule has 1 aromatic rings. The van der Waals surface area contributed by atoms with Crippen LogP contribution in [0, 0.1) is 13.8 Å². The number of hydrogen-bond acceptors (Lipinski definition) is 5. The lowest BCUT2D eigenvalue weighted by molar-refractivity contribution is -0.115. The summed E-state index contributed by atoms with van der Waals surface area (Å²) in [6, 6.07) is 0.484. The van der Waals surface area contributed by atoms with Crippen LogP contribution in [0.2, 0.25) is 0 Å². The molecule has 1 amide bonds. The van der Waals surface area contributed by atoms with Crippen molar-refractivity contribution in [1.29, 1.82) is 0 Å². The standard InChI is InChI=1S/C13H18N2O3S/c1-7-8(2)19-12(11(7)13(17)18-3)15-10(16)6-14-9-4-5-9/h9,14H,4-6H2,1-3H3,(H,15,16). The minimum atomic E-state index is -0.410. The summed E-state index contributed by atoms with van der Waals surface area (Å²) in [5, 5.41) is 6.50. The SMILES string of the molecule is COC(=O)c1c(NC(=O)CNC2CC2)sc(C)c1C. The second kappa shape index (κ2) is 5.71. The highest BCUT2D eigenvalue weighted by atomic mass is 32.1. The molecule has 2 rings (SSSR count). The Kier molecular flexibility index (Phi) is 4.21. The largest absolute Gasteiger partial charge is 0.465 e. The molecule has 0 aliphatic heterocycles. The smallest absolute Gasteiger partial charge is 0.341 e. The molecule has 0 aromatic carbocycles. The van der Waals surface area contributed by atoms with E-state index in [-0.39, 0.29) is 12.5 Å². The van der Waals surface area contributed by atoms with E-state index in [0.29, 0.717) is 16.6 Å². The van der Waals surface area contributed by atoms with E-state index in [1.807, 2.05) is 13.8 Å². The van der Waals surface area contributed by atoms with Gasteiger partial charge in [0.15, 0.2) is 0 Å². The number of carbonyl (C=O) groups excluding carboxylic acids is 2. The third kappa shape index (κ3) is 3.33. The summed E-state index contributed by atoms with van der Waals surface area (Å²) in [6.07, 6.45) is 2.27. The molecule has 1 aliphatic rings. The van der Waals surface area contributed by atoms with Gasteiger partial charge in [-0.2, -0.15) is 0 Å². The third-order valence-corrected chi connectivity index (χ3v) is 4.28. The number of esters is 1. The Morgan fingerprint density at radius 2 is 2.05 bits per heavy atom. The van der Waals surface area contributed by atoms with Crippen LogP contribution in [-0.2, 0) is 9.53 Å². The van der Waals surface area contributed by atoms with Crippen molar-refractivity contribution in [2.75, 3.05) is 19.0 Å². The molecule has 19 heavy (non-hydrogen) atoms. The first kappa shape index (κ1) is 14.0. The third-order valence-electron chi connectivity index (χ3n) is 3.16. The summed E-state index contributed by atoms with van der Waals surface area (Å²) in [6.45, 7) is 4.06. The zero-order valence-corrected chi connectivity index (χ0v) is 12.1. The van der Waals surface area contributed by atoms with Gasteiger partial charge >= 0.3 is 5.97 Å². The summed E-state index contributed by atoms with van der Waals surface area (Å²) in [4.78, 5) is 24.6. The maximum atomic E-state index is 11.8. The number of amides is 1. The molecule has 5 nitrogen and oxygen atoms in total. The van der Waals surface area contributed by atoms with Crippen molar-refractivity contribution in [3.8, 4) is 0 Å². The molecule has 1 aromatic heterocycles. The van der Waals surface area contributed by atoms with Crippen molar-refractivity contribution in [3.05, 3.63) is 16.0 Å². The molecule has 1 saturated carbocycles. The minimum absolute atomic E-state index is 0.127. The van der Waals surface area contributed by atoms with Crippen LogP contribution in [0.1, 0.15) is 33.6 Å². The Balaban J connectivity index is 2.07. The fourth-order valence-corrected chi connectivity index (χ4v) is 2.82. The lowest BCUT2D eigenvalue weighted by Crippen LogP contribution is -2.29. The molecule has 0 saturated heterocycles. The topological polar surface area (TPSA) is 67.4 Å². The summed E-state index contributed by atoms with van der Waals surface area (Å²) in [5.41, 5.74) is 1.33. The molecule has 0 spiro atoms. The highest BCUT2D eigenvalue weighted by molar-refractivity contribution is 7.16. The van der Waals surface area contributed by atoms with E-state index in [1.165, 1.54) is 18.4 Å². The average molecular weight is 282 g/mol. The number of hydrogen-bond donors (Lipinski definition) is 2. The lowest BCUT2D eigenvalue weighted by atomic mass is 10.1. The maximum absolute atomic E-state index is 11.8. The van der Waals surface area contributed by atoms with Crippen LogP contribution >= 0.6 is 11.3 Å². The quantitative estimate of drug-likeness (QED) is 0.809. The maximum Gasteiger partial charge on any atom is 0.341 e. The molecule has 0 unspecified atom stereocenters. The Morgan fingerprint density at radius 3 is 2.63 bits per heavy atom. The summed E-state index contributed by atoms with van der Waals surface area (Å²) in [5.74, 6) is -0.536. The Hall–Kier alpha value is -1.40. The van der Waals surface area contributed by atoms with Gasteiger partial charge in [-0.1, -0.05) is 0 Å². The molecule has 0 radical (unpaired) electrons. The summed E-state index contributed by atoms with van der Waals surface area (Å²) < 4.78 is 4.76. The van der Waals surface area contributed by atoms with Gasteiger partial charge in [0, 0.05) is 10.9 Å². The van der Waals surface area contributed by atoms with Crippen LogP contribution in [0.3, 0.4) is 0 Å². The van der Waals surface area contributed by atoms with Gasteiger partial charge in [-0.15, -0.1) is 11.3 Å². The normalized spacial score (nSPS) is 14.3. The van der Waals surface area contributed by atoms with Gasteiger partial charge in [-0.25, -0.2) is 4.79 Å². The monoisotopic (exact) mass is 282 g/mol. The van der Waals surface area contributed by atoms with Gasteiger partial charge in [0.1, 0.15) is 5.00 Å². The van der Waals surface area contributed by atoms with E-state index in [1.54, 1.807) is 0 Å². The van der Waals surface area contributed by atoms with Gasteiger partial charge in [0.2, 0.25) is 5.91 Å². The average Bonchev–Trinajstić information content (AvgIpc) is 3.15. The predicted octanol–water partition coefficient (Wildman–Crippen LogP) is 1.84. The fourth-order valence-electron chi connectivity index (χ4n) is 1.76. The van der Waals surface area contributed by atoms with Gasteiger partial charge in [-0.3, -0.25) is 4.79 Å². The number of rotatable bonds is 5. The Bertz CT molecular complexity index is 506. The van der Waals surface area contributed by atoms with E-state index >= 15 is 0 Å². The van der Waals surface area contributed by atoms with E-state index < -0.39 is 5.97 Å². The zero-order valence-electron chi connectivity index (χ0n) is 11.3. The molecule has 2 N–H and O–H groups in total. The van der Waals surface area contributed by atoms with Crippen molar-refractivity contribution in [3.63, 3.8) is 0 Å². The Morgan fingerprint density at radius 1 is 1.37 bits per heavy atom. The number of aryl methyl sites for hydroxylation is 1. The van der Waals surface area contributed by atoms with Crippen LogP contribution in [0.5, 0.6) is 0 Å². The molecular formula is C13H18N2O3S. The zero-order chi connectivity index (χ0) is 14.0. The van der Waals surface area contributed by atoms with E-state index in [0.717, 1.165) is 23.3 Å². The van der Waals surface area contributed by atoms with E-state index in [9.17, 15) is 9.59 Å². The van der Waals surface area contributed by atoms with E-state index in [4.69, 9.17) is 4.74 Å². The highest BCUT2D eigenvalue weighted by Gasteiger charge is 2.23. The van der Waals surface area contributed by atoms with Crippen molar-refractivity contribution in [2.24, 2.45) is 0 Å². The number of methoxy groups -OCH3 is 1. The summed E-state index contributed by atoms with van der Waals surface area (Å²) >= 11 is 1.40. The molecule has 6 heteroatoms. The van der Waals surface area contributed by atoms with Crippen LogP contribution in [0.25, 0.3) is 0 Å². The van der Waals surface area contributed by atoms with Crippen molar-refractivity contribution in [1.82, 2.24) is 5.32 Å². The number of carbonyl (C=O) groups is 2.